The van der Waals surface area contributed by atoms with Crippen molar-refractivity contribution in [2.75, 3.05) is 0 Å². The quantitative estimate of drug-likeness (QED) is 0.126. The van der Waals surface area contributed by atoms with E-state index in [1.807, 2.05) is 0 Å². The highest BCUT2D eigenvalue weighted by Gasteiger charge is 2.32. The lowest BCUT2D eigenvalue weighted by molar-refractivity contribution is 0.590. The standard InChI is InChI=1S/C68H46N2/c1-67(2,3)42-27-37(36-69)26-40(28-42)61-52-24-22-48-47(55(52)34-58-51-20-12-18-49-46-17-11-9-15-39(46)32-60(63(49)51)66(58)61)23-25-53-56(48)35-59-57-31-38-14-8-10-16-45(38)50-19-13-21-54(64(50)57)65(59)62(53)41-29-43(68(4,5)6)33-44(30-41)70-7/h8-35H,1-6H3. The van der Waals surface area contributed by atoms with Gasteiger partial charge in [0, 0.05) is 0 Å². The highest BCUT2D eigenvalue weighted by molar-refractivity contribution is 6.33. The van der Waals surface area contributed by atoms with Gasteiger partial charge < -0.3 is 0 Å². The molecule has 0 N–H and O–H groups in total. The molecule has 328 valence electrons. The molecule has 12 aromatic carbocycles. The molecule has 0 amide bonds. The van der Waals surface area contributed by atoms with E-state index in [1.54, 1.807) is 0 Å². The van der Waals surface area contributed by atoms with Crippen molar-refractivity contribution in [1.29, 1.82) is 5.26 Å². The summed E-state index contributed by atoms with van der Waals surface area (Å²) in [5.41, 5.74) is 17.6. The van der Waals surface area contributed by atoms with Gasteiger partial charge in [-0.2, -0.15) is 5.26 Å². The molecule has 0 fully saturated rings. The van der Waals surface area contributed by atoms with Gasteiger partial charge in [0.1, 0.15) is 0 Å². The minimum absolute atomic E-state index is 0.162. The first-order chi connectivity index (χ1) is 33.9. The predicted molar refractivity (Wildman–Crippen MR) is 297 cm³/mol. The minimum Gasteiger partial charge on any atom is -0.238 e. The molecule has 0 radical (unpaired) electrons. The van der Waals surface area contributed by atoms with Gasteiger partial charge in [-0.3, -0.25) is 0 Å². The van der Waals surface area contributed by atoms with Crippen LogP contribution in [0.1, 0.15) is 58.2 Å². The van der Waals surface area contributed by atoms with Crippen molar-refractivity contribution in [3.05, 3.63) is 198 Å². The summed E-state index contributed by atoms with van der Waals surface area (Å²) in [6.07, 6.45) is 0. The Balaban J connectivity index is 1.14. The topological polar surface area (TPSA) is 28.1 Å². The molecule has 0 aromatic heterocycles. The summed E-state index contributed by atoms with van der Waals surface area (Å²) in [5.74, 6) is 0. The Morgan fingerprint density at radius 1 is 0.371 bits per heavy atom. The van der Waals surface area contributed by atoms with Gasteiger partial charge in [0.05, 0.1) is 18.2 Å². The number of nitriles is 1. The van der Waals surface area contributed by atoms with E-state index in [2.05, 4.69) is 222 Å². The Labute approximate surface area is 407 Å². The molecule has 0 unspecified atom stereocenters. The Bertz CT molecular complexity index is 4500. The van der Waals surface area contributed by atoms with Gasteiger partial charge in [0.15, 0.2) is 5.69 Å². The zero-order valence-corrected chi connectivity index (χ0v) is 40.1. The van der Waals surface area contributed by atoms with Crippen molar-refractivity contribution >= 4 is 81.1 Å². The summed E-state index contributed by atoms with van der Waals surface area (Å²) >= 11 is 0. The summed E-state index contributed by atoms with van der Waals surface area (Å²) in [4.78, 5) is 4.07. The third kappa shape index (κ3) is 5.54. The molecule has 0 aliphatic heterocycles. The molecule has 2 aliphatic carbocycles. The molecule has 12 aromatic rings. The molecule has 14 rings (SSSR count). The largest absolute Gasteiger partial charge is 0.238 e. The van der Waals surface area contributed by atoms with Crippen molar-refractivity contribution in [2.45, 2.75) is 52.4 Å². The number of hydrogen-bond donors (Lipinski definition) is 0. The van der Waals surface area contributed by atoms with Crippen LogP contribution in [0.15, 0.2) is 170 Å². The molecule has 2 heteroatoms. The molecule has 70 heavy (non-hydrogen) atoms. The second kappa shape index (κ2) is 14.0. The predicted octanol–water partition coefficient (Wildman–Crippen LogP) is 19.4. The lowest BCUT2D eigenvalue weighted by Crippen LogP contribution is -2.11. The van der Waals surface area contributed by atoms with E-state index >= 15 is 0 Å². The molecule has 0 heterocycles. The average molecular weight is 891 g/mol. The normalized spacial score (nSPS) is 12.7. The SMILES string of the molecule is [C-]#[N+]c1cc(-c2c3c(cc4c2ccc2c5cc6c(c(-c7cc(C#N)cc(C(C)(C)C)c7)c5ccc42)-c2cc4ccccc4c4cccc-6c24)-c2cc4ccccc4c4cccc-3c24)cc(C(C)(C)C)c1. The first-order valence-corrected chi connectivity index (χ1v) is 24.4. The van der Waals surface area contributed by atoms with Crippen molar-refractivity contribution in [2.24, 2.45) is 0 Å². The van der Waals surface area contributed by atoms with E-state index < -0.39 is 0 Å². The average Bonchev–Trinajstić information content (AvgIpc) is 3.86. The summed E-state index contributed by atoms with van der Waals surface area (Å²) in [6.45, 7) is 21.7. The fraction of sp³-hybridized carbons (Fsp3) is 0.118. The van der Waals surface area contributed by atoms with Crippen molar-refractivity contribution in [3.63, 3.8) is 0 Å². The highest BCUT2D eigenvalue weighted by Crippen LogP contribution is 2.58. The van der Waals surface area contributed by atoms with E-state index in [4.69, 9.17) is 6.57 Å². The summed E-state index contributed by atoms with van der Waals surface area (Å²) in [5, 5.41) is 27.7. The van der Waals surface area contributed by atoms with Gasteiger partial charge in [-0.05, 0) is 201 Å². The van der Waals surface area contributed by atoms with E-state index in [-0.39, 0.29) is 10.8 Å². The fourth-order valence-electron chi connectivity index (χ4n) is 12.4. The maximum absolute atomic E-state index is 10.6. The monoisotopic (exact) mass is 890 g/mol. The van der Waals surface area contributed by atoms with Crippen LogP contribution in [0.4, 0.5) is 5.69 Å². The lowest BCUT2D eigenvalue weighted by atomic mass is 9.80. The van der Waals surface area contributed by atoms with E-state index in [1.165, 1.54) is 131 Å². The second-order valence-electron chi connectivity index (χ2n) is 21.8. The van der Waals surface area contributed by atoms with Crippen LogP contribution < -0.4 is 0 Å². The number of benzene rings is 12. The second-order valence-corrected chi connectivity index (χ2v) is 21.8. The van der Waals surface area contributed by atoms with Gasteiger partial charge in [-0.25, -0.2) is 4.85 Å². The summed E-state index contributed by atoms with van der Waals surface area (Å²) < 4.78 is 0. The first kappa shape index (κ1) is 40.5. The van der Waals surface area contributed by atoms with Crippen LogP contribution in [-0.2, 0) is 10.8 Å². The number of fused-ring (bicyclic) bond motifs is 15. The van der Waals surface area contributed by atoms with Gasteiger partial charge in [0.2, 0.25) is 0 Å². The number of hydrogen-bond acceptors (Lipinski definition) is 1. The number of nitrogens with zero attached hydrogens (tertiary/aromatic N) is 2. The Kier molecular flexibility index (Phi) is 8.11. The molecule has 0 saturated carbocycles. The number of rotatable bonds is 2. The zero-order chi connectivity index (χ0) is 47.5. The molecule has 0 saturated heterocycles. The smallest absolute Gasteiger partial charge is 0.188 e. The van der Waals surface area contributed by atoms with Crippen LogP contribution >= 0.6 is 0 Å². The van der Waals surface area contributed by atoms with Gasteiger partial charge in [0.25, 0.3) is 0 Å². The van der Waals surface area contributed by atoms with E-state index in [0.29, 0.717) is 11.3 Å². The van der Waals surface area contributed by atoms with Gasteiger partial charge >= 0.3 is 0 Å². The van der Waals surface area contributed by atoms with Crippen LogP contribution in [0.2, 0.25) is 0 Å². The molecule has 2 aliphatic rings. The van der Waals surface area contributed by atoms with Gasteiger partial charge in [-0.15, -0.1) is 0 Å². The van der Waals surface area contributed by atoms with Crippen LogP contribution in [0.25, 0.3) is 147 Å². The third-order valence-electron chi connectivity index (χ3n) is 15.7. The Hall–Kier alpha value is -8.56. The van der Waals surface area contributed by atoms with Crippen LogP contribution in [0.3, 0.4) is 0 Å². The maximum atomic E-state index is 10.6. The fourth-order valence-corrected chi connectivity index (χ4v) is 12.4. The molecule has 0 bridgehead atoms. The minimum atomic E-state index is -0.170. The van der Waals surface area contributed by atoms with Crippen LogP contribution in [0, 0.1) is 17.9 Å². The highest BCUT2D eigenvalue weighted by atomic mass is 14.6. The summed E-state index contributed by atoms with van der Waals surface area (Å²) in [7, 11) is 0. The van der Waals surface area contributed by atoms with Crippen LogP contribution in [0.5, 0.6) is 0 Å². The lowest BCUT2D eigenvalue weighted by Gasteiger charge is -2.23. The third-order valence-corrected chi connectivity index (χ3v) is 15.7. The maximum Gasteiger partial charge on any atom is 0.188 e. The van der Waals surface area contributed by atoms with Crippen molar-refractivity contribution in [3.8, 4) is 72.8 Å². The van der Waals surface area contributed by atoms with E-state index in [9.17, 15) is 5.26 Å². The molecular formula is C68H46N2. The van der Waals surface area contributed by atoms with Crippen LogP contribution in [-0.4, -0.2) is 0 Å². The molecule has 2 nitrogen and oxygen atoms in total. The Morgan fingerprint density at radius 2 is 0.857 bits per heavy atom. The van der Waals surface area contributed by atoms with Crippen molar-refractivity contribution in [1.82, 2.24) is 0 Å². The first-order valence-electron chi connectivity index (χ1n) is 24.4. The van der Waals surface area contributed by atoms with Gasteiger partial charge in [-0.1, -0.05) is 174 Å². The van der Waals surface area contributed by atoms with E-state index in [0.717, 1.165) is 22.3 Å². The molecule has 0 atom stereocenters. The summed E-state index contributed by atoms with van der Waals surface area (Å²) in [6, 6.07) is 65.9. The Morgan fingerprint density at radius 3 is 1.44 bits per heavy atom. The zero-order valence-electron chi connectivity index (χ0n) is 40.1. The molecular weight excluding hydrogens is 845 g/mol. The molecule has 0 spiro atoms. The van der Waals surface area contributed by atoms with Crippen molar-refractivity contribution < 1.29 is 0 Å².